The molecule has 1 atom stereocenters. The number of hydrogen-bond donors (Lipinski definition) is 3. The summed E-state index contributed by atoms with van der Waals surface area (Å²) < 4.78 is 5.32. The number of imide groups is 1. The van der Waals surface area contributed by atoms with Gasteiger partial charge in [0.05, 0.1) is 7.11 Å². The fraction of sp³-hybridized carbons (Fsp3) is 0.222. The summed E-state index contributed by atoms with van der Waals surface area (Å²) in [6.45, 7) is 0.534. The van der Waals surface area contributed by atoms with Gasteiger partial charge in [-0.1, -0.05) is 48.5 Å². The van der Waals surface area contributed by atoms with Gasteiger partial charge in [-0.05, 0) is 23.6 Å². The van der Waals surface area contributed by atoms with Crippen LogP contribution in [0.1, 0.15) is 17.2 Å². The van der Waals surface area contributed by atoms with Crippen molar-refractivity contribution in [3.05, 3.63) is 65.7 Å². The highest BCUT2D eigenvalue weighted by atomic mass is 16.5. The second kappa shape index (κ2) is 8.69. The van der Waals surface area contributed by atoms with E-state index in [0.29, 0.717) is 13.0 Å². The van der Waals surface area contributed by atoms with Gasteiger partial charge in [-0.3, -0.25) is 10.1 Å². The van der Waals surface area contributed by atoms with Crippen LogP contribution in [0.2, 0.25) is 0 Å². The first kappa shape index (κ1) is 17.5. The molecule has 6 heteroatoms. The Morgan fingerprint density at radius 1 is 1.08 bits per heavy atom. The molecule has 0 aliphatic heterocycles. The van der Waals surface area contributed by atoms with Crippen LogP contribution in [-0.2, 0) is 11.2 Å². The minimum atomic E-state index is -0.868. The zero-order valence-corrected chi connectivity index (χ0v) is 13.5. The number of ether oxygens (including phenoxy) is 1. The molecule has 0 aromatic heterocycles. The third-order valence-electron chi connectivity index (χ3n) is 3.58. The van der Waals surface area contributed by atoms with Crippen LogP contribution >= 0.6 is 0 Å². The predicted octanol–water partition coefficient (Wildman–Crippen LogP) is 1.76. The van der Waals surface area contributed by atoms with E-state index in [9.17, 15) is 9.59 Å². The molecular formula is C18H21N3O3. The Labute approximate surface area is 141 Å². The summed E-state index contributed by atoms with van der Waals surface area (Å²) in [6.07, 6.45) is 0.678. The quantitative estimate of drug-likeness (QED) is 0.722. The maximum absolute atomic E-state index is 12.2. The van der Waals surface area contributed by atoms with Crippen molar-refractivity contribution in [2.24, 2.45) is 5.73 Å². The molecule has 0 saturated carbocycles. The third kappa shape index (κ3) is 4.82. The zero-order chi connectivity index (χ0) is 17.4. The van der Waals surface area contributed by atoms with E-state index in [1.165, 1.54) is 0 Å². The highest BCUT2D eigenvalue weighted by molar-refractivity contribution is 5.96. The summed E-state index contributed by atoms with van der Waals surface area (Å²) in [5, 5.41) is 5.29. The number of amides is 3. The van der Waals surface area contributed by atoms with E-state index in [2.05, 4.69) is 10.6 Å². The van der Waals surface area contributed by atoms with Crippen molar-refractivity contribution in [2.75, 3.05) is 13.7 Å². The Morgan fingerprint density at radius 3 is 2.42 bits per heavy atom. The van der Waals surface area contributed by atoms with E-state index in [-0.39, 0.29) is 0 Å². The number of hydrogen-bond acceptors (Lipinski definition) is 4. The van der Waals surface area contributed by atoms with Crippen molar-refractivity contribution >= 4 is 11.9 Å². The second-order valence-corrected chi connectivity index (χ2v) is 5.21. The van der Waals surface area contributed by atoms with E-state index in [1.807, 2.05) is 54.6 Å². The van der Waals surface area contributed by atoms with Crippen LogP contribution in [0.15, 0.2) is 54.6 Å². The SMILES string of the molecule is COc1ccccc1CCN[C@H](C(=O)NC(N)=O)c1ccccc1. The average Bonchev–Trinajstić information content (AvgIpc) is 2.59. The smallest absolute Gasteiger partial charge is 0.318 e. The number of nitrogens with two attached hydrogens (primary N) is 1. The van der Waals surface area contributed by atoms with Gasteiger partial charge in [0, 0.05) is 6.54 Å². The van der Waals surface area contributed by atoms with Gasteiger partial charge in [-0.25, -0.2) is 4.79 Å². The number of benzene rings is 2. The van der Waals surface area contributed by atoms with Crippen LogP contribution in [0.4, 0.5) is 4.79 Å². The highest BCUT2D eigenvalue weighted by Crippen LogP contribution is 2.18. The molecule has 0 fully saturated rings. The number of nitrogens with one attached hydrogen (secondary N) is 2. The van der Waals surface area contributed by atoms with Crippen LogP contribution in [0, 0.1) is 0 Å². The van der Waals surface area contributed by atoms with E-state index in [0.717, 1.165) is 16.9 Å². The second-order valence-electron chi connectivity index (χ2n) is 5.21. The Morgan fingerprint density at radius 2 is 1.75 bits per heavy atom. The molecule has 4 N–H and O–H groups in total. The van der Waals surface area contributed by atoms with E-state index in [4.69, 9.17) is 10.5 Å². The van der Waals surface area contributed by atoms with E-state index < -0.39 is 18.0 Å². The minimum Gasteiger partial charge on any atom is -0.496 e. The van der Waals surface area contributed by atoms with Crippen LogP contribution < -0.4 is 21.1 Å². The number of carbonyl (C=O) groups is 2. The normalized spacial score (nSPS) is 11.5. The number of rotatable bonds is 7. The van der Waals surface area contributed by atoms with Crippen LogP contribution in [0.3, 0.4) is 0 Å². The van der Waals surface area contributed by atoms with Crippen LogP contribution in [-0.4, -0.2) is 25.6 Å². The summed E-state index contributed by atoms with van der Waals surface area (Å²) in [7, 11) is 1.62. The maximum Gasteiger partial charge on any atom is 0.318 e. The largest absolute Gasteiger partial charge is 0.496 e. The summed E-state index contributed by atoms with van der Waals surface area (Å²) in [6, 6.07) is 15.4. The number of carbonyl (C=O) groups excluding carboxylic acids is 2. The van der Waals surface area contributed by atoms with Crippen LogP contribution in [0.25, 0.3) is 0 Å². The van der Waals surface area contributed by atoms with Crippen molar-refractivity contribution in [3.63, 3.8) is 0 Å². The first-order valence-electron chi connectivity index (χ1n) is 7.62. The maximum atomic E-state index is 12.2. The lowest BCUT2D eigenvalue weighted by Crippen LogP contribution is -2.43. The lowest BCUT2D eigenvalue weighted by Gasteiger charge is -2.18. The molecule has 24 heavy (non-hydrogen) atoms. The first-order chi connectivity index (χ1) is 11.6. The van der Waals surface area contributed by atoms with Gasteiger partial charge in [-0.2, -0.15) is 0 Å². The number of urea groups is 1. The molecule has 126 valence electrons. The molecule has 2 aromatic rings. The third-order valence-corrected chi connectivity index (χ3v) is 3.58. The topological polar surface area (TPSA) is 93.4 Å². The van der Waals surface area contributed by atoms with Gasteiger partial charge in [0.1, 0.15) is 11.8 Å². The molecule has 0 aliphatic rings. The van der Waals surface area contributed by atoms with Gasteiger partial charge >= 0.3 is 6.03 Å². The van der Waals surface area contributed by atoms with Crippen LogP contribution in [0.5, 0.6) is 5.75 Å². The minimum absolute atomic E-state index is 0.478. The summed E-state index contributed by atoms with van der Waals surface area (Å²) >= 11 is 0. The van der Waals surface area contributed by atoms with Crippen molar-refractivity contribution in [3.8, 4) is 5.75 Å². The van der Waals surface area contributed by atoms with Gasteiger partial charge < -0.3 is 15.8 Å². The average molecular weight is 327 g/mol. The molecule has 0 saturated heterocycles. The standard InChI is InChI=1S/C18H21N3O3/c1-24-15-10-6-5-7-13(15)11-12-20-16(17(22)21-18(19)23)14-8-3-2-4-9-14/h2-10,16,20H,11-12H2,1H3,(H3,19,21,22,23)/t16-/m0/s1. The van der Waals surface area contributed by atoms with E-state index >= 15 is 0 Å². The Bertz CT molecular complexity index is 689. The summed E-state index contributed by atoms with van der Waals surface area (Å²) in [4.78, 5) is 23.2. The lowest BCUT2D eigenvalue weighted by atomic mass is 10.1. The number of methoxy groups -OCH3 is 1. The molecule has 2 aromatic carbocycles. The Hall–Kier alpha value is -2.86. The molecule has 0 spiro atoms. The molecule has 6 nitrogen and oxygen atoms in total. The van der Waals surface area contributed by atoms with Gasteiger partial charge in [0.2, 0.25) is 5.91 Å². The molecule has 2 rings (SSSR count). The molecule has 0 radical (unpaired) electrons. The van der Waals surface area contributed by atoms with Crippen molar-refractivity contribution in [1.29, 1.82) is 0 Å². The molecule has 0 aliphatic carbocycles. The summed E-state index contributed by atoms with van der Waals surface area (Å²) in [5.74, 6) is 0.325. The first-order valence-corrected chi connectivity index (χ1v) is 7.62. The molecular weight excluding hydrogens is 306 g/mol. The fourth-order valence-corrected chi connectivity index (χ4v) is 2.46. The number of primary amides is 1. The Kier molecular flexibility index (Phi) is 6.33. The molecule has 3 amide bonds. The lowest BCUT2D eigenvalue weighted by molar-refractivity contribution is -0.122. The predicted molar refractivity (Wildman–Crippen MR) is 91.6 cm³/mol. The monoisotopic (exact) mass is 327 g/mol. The van der Waals surface area contributed by atoms with Crippen molar-refractivity contribution < 1.29 is 14.3 Å². The van der Waals surface area contributed by atoms with Gasteiger partial charge in [0.25, 0.3) is 0 Å². The fourth-order valence-electron chi connectivity index (χ4n) is 2.46. The van der Waals surface area contributed by atoms with E-state index in [1.54, 1.807) is 7.11 Å². The van der Waals surface area contributed by atoms with Crippen molar-refractivity contribution in [2.45, 2.75) is 12.5 Å². The zero-order valence-electron chi connectivity index (χ0n) is 13.5. The molecule has 0 heterocycles. The van der Waals surface area contributed by atoms with Crippen molar-refractivity contribution in [1.82, 2.24) is 10.6 Å². The Balaban J connectivity index is 2.06. The van der Waals surface area contributed by atoms with Gasteiger partial charge in [-0.15, -0.1) is 0 Å². The summed E-state index contributed by atoms with van der Waals surface area (Å²) in [5.41, 5.74) is 6.85. The molecule has 0 bridgehead atoms. The highest BCUT2D eigenvalue weighted by Gasteiger charge is 2.21. The van der Waals surface area contributed by atoms with Gasteiger partial charge in [0.15, 0.2) is 0 Å². The number of para-hydroxylation sites is 1. The molecule has 0 unspecified atom stereocenters.